The lowest BCUT2D eigenvalue weighted by Crippen LogP contribution is -2.25. The quantitative estimate of drug-likeness (QED) is 0.489. The van der Waals surface area contributed by atoms with Gasteiger partial charge in [-0.05, 0) is 12.8 Å². The van der Waals surface area contributed by atoms with Gasteiger partial charge in [0, 0.05) is 19.5 Å². The molecular weight excluding hydrogens is 166 g/mol. The third-order valence-electron chi connectivity index (χ3n) is 2.36. The Morgan fingerprint density at radius 3 is 2.92 bits per heavy atom. The molecule has 1 rings (SSSR count). The van der Waals surface area contributed by atoms with E-state index in [1.165, 1.54) is 19.3 Å². The smallest absolute Gasteiger partial charge is 0.0782 e. The molecule has 0 amide bonds. The topological polar surface area (TPSA) is 3.24 Å². The van der Waals surface area contributed by atoms with E-state index in [9.17, 15) is 0 Å². The van der Waals surface area contributed by atoms with Gasteiger partial charge in [0.15, 0.2) is 0 Å². The fourth-order valence-corrected chi connectivity index (χ4v) is 1.72. The molecule has 2 heteroatoms. The van der Waals surface area contributed by atoms with E-state index in [1.807, 2.05) is 0 Å². The van der Waals surface area contributed by atoms with Crippen LogP contribution in [0.25, 0.3) is 0 Å². The van der Waals surface area contributed by atoms with Gasteiger partial charge in [0.25, 0.3) is 0 Å². The van der Waals surface area contributed by atoms with Gasteiger partial charge in [-0.3, -0.25) is 0 Å². The zero-order valence-electron chi connectivity index (χ0n) is 7.92. The molecule has 0 spiro atoms. The number of likely N-dealkylation sites (N-methyl/N-ethyl adjacent to an activating group) is 1. The minimum absolute atomic E-state index is 0.573. The van der Waals surface area contributed by atoms with Crippen molar-refractivity contribution in [1.82, 2.24) is 4.90 Å². The van der Waals surface area contributed by atoms with Crippen LogP contribution in [0.4, 0.5) is 0 Å². The summed E-state index contributed by atoms with van der Waals surface area (Å²) in [5.41, 5.74) is 0. The SMILES string of the molecule is CCC/C=C/C1CCC(=S)N1C. The molecule has 0 radical (unpaired) electrons. The van der Waals surface area contributed by atoms with E-state index in [2.05, 4.69) is 31.0 Å². The summed E-state index contributed by atoms with van der Waals surface area (Å²) in [5.74, 6) is 0. The lowest BCUT2D eigenvalue weighted by atomic mass is 10.2. The number of rotatable bonds is 3. The van der Waals surface area contributed by atoms with Crippen LogP contribution in [-0.4, -0.2) is 23.0 Å². The Hall–Kier alpha value is -0.370. The van der Waals surface area contributed by atoms with Gasteiger partial charge in [-0.15, -0.1) is 0 Å². The minimum atomic E-state index is 0.573. The maximum Gasteiger partial charge on any atom is 0.0782 e. The van der Waals surface area contributed by atoms with E-state index in [0.29, 0.717) is 6.04 Å². The highest BCUT2D eigenvalue weighted by Crippen LogP contribution is 2.18. The summed E-state index contributed by atoms with van der Waals surface area (Å²) in [5, 5.41) is 0. The maximum absolute atomic E-state index is 5.19. The Morgan fingerprint density at radius 1 is 1.67 bits per heavy atom. The fraction of sp³-hybridized carbons (Fsp3) is 0.700. The Balaban J connectivity index is 2.38. The zero-order valence-corrected chi connectivity index (χ0v) is 8.73. The van der Waals surface area contributed by atoms with Crippen molar-refractivity contribution in [3.05, 3.63) is 12.2 Å². The summed E-state index contributed by atoms with van der Waals surface area (Å²) >= 11 is 5.19. The maximum atomic E-state index is 5.19. The standard InChI is InChI=1S/C10H17NS/c1-3-4-5-6-9-7-8-10(12)11(9)2/h5-6,9H,3-4,7-8H2,1-2H3/b6-5+. The first-order chi connectivity index (χ1) is 5.75. The van der Waals surface area contributed by atoms with Crippen molar-refractivity contribution < 1.29 is 0 Å². The number of unbranched alkanes of at least 4 members (excludes halogenated alkanes) is 1. The third-order valence-corrected chi connectivity index (χ3v) is 2.85. The summed E-state index contributed by atoms with van der Waals surface area (Å²) in [7, 11) is 2.09. The summed E-state index contributed by atoms with van der Waals surface area (Å²) in [6.45, 7) is 2.20. The highest BCUT2D eigenvalue weighted by Gasteiger charge is 2.21. The van der Waals surface area contributed by atoms with Crippen molar-refractivity contribution in [1.29, 1.82) is 0 Å². The molecule has 68 valence electrons. The zero-order chi connectivity index (χ0) is 8.97. The molecule has 1 atom stereocenters. The second-order valence-electron chi connectivity index (χ2n) is 3.33. The van der Waals surface area contributed by atoms with Gasteiger partial charge in [0.1, 0.15) is 0 Å². The van der Waals surface area contributed by atoms with E-state index in [0.717, 1.165) is 11.4 Å². The highest BCUT2D eigenvalue weighted by atomic mass is 32.1. The average molecular weight is 183 g/mol. The second-order valence-corrected chi connectivity index (χ2v) is 3.80. The average Bonchev–Trinajstić information content (AvgIpc) is 2.36. The highest BCUT2D eigenvalue weighted by molar-refractivity contribution is 7.80. The van der Waals surface area contributed by atoms with Gasteiger partial charge in [0.2, 0.25) is 0 Å². The molecule has 12 heavy (non-hydrogen) atoms. The fourth-order valence-electron chi connectivity index (χ4n) is 1.47. The monoisotopic (exact) mass is 183 g/mol. The Bertz CT molecular complexity index is 186. The van der Waals surface area contributed by atoms with Crippen LogP contribution < -0.4 is 0 Å². The number of thiocarbonyl (C=S) groups is 1. The first kappa shape index (κ1) is 9.72. The Kier molecular flexibility index (Phi) is 3.73. The summed E-state index contributed by atoms with van der Waals surface area (Å²) in [6.07, 6.45) is 9.29. The molecule has 0 saturated carbocycles. The number of hydrogen-bond acceptors (Lipinski definition) is 1. The molecule has 1 unspecified atom stereocenters. The molecule has 1 heterocycles. The van der Waals surface area contributed by atoms with Crippen molar-refractivity contribution in [2.24, 2.45) is 0 Å². The predicted octanol–water partition coefficient (Wildman–Crippen LogP) is 2.76. The van der Waals surface area contributed by atoms with Gasteiger partial charge in [-0.25, -0.2) is 0 Å². The van der Waals surface area contributed by atoms with Crippen LogP contribution >= 0.6 is 12.2 Å². The van der Waals surface area contributed by atoms with E-state index in [-0.39, 0.29) is 0 Å². The van der Waals surface area contributed by atoms with E-state index >= 15 is 0 Å². The van der Waals surface area contributed by atoms with Crippen LogP contribution in [0.1, 0.15) is 32.6 Å². The summed E-state index contributed by atoms with van der Waals surface area (Å²) < 4.78 is 0. The first-order valence-electron chi connectivity index (χ1n) is 4.68. The molecule has 0 bridgehead atoms. The molecular formula is C10H17NS. The van der Waals surface area contributed by atoms with Gasteiger partial charge in [-0.2, -0.15) is 0 Å². The lowest BCUT2D eigenvalue weighted by molar-refractivity contribution is 0.465. The Morgan fingerprint density at radius 2 is 2.42 bits per heavy atom. The van der Waals surface area contributed by atoms with Crippen LogP contribution in [0.15, 0.2) is 12.2 Å². The van der Waals surface area contributed by atoms with E-state index in [1.54, 1.807) is 0 Å². The van der Waals surface area contributed by atoms with E-state index in [4.69, 9.17) is 12.2 Å². The van der Waals surface area contributed by atoms with Gasteiger partial charge < -0.3 is 4.90 Å². The molecule has 1 saturated heterocycles. The summed E-state index contributed by atoms with van der Waals surface area (Å²) in [6, 6.07) is 0.573. The largest absolute Gasteiger partial charge is 0.363 e. The summed E-state index contributed by atoms with van der Waals surface area (Å²) in [4.78, 5) is 3.32. The van der Waals surface area contributed by atoms with Crippen molar-refractivity contribution in [2.75, 3.05) is 7.05 Å². The number of hydrogen-bond donors (Lipinski definition) is 0. The van der Waals surface area contributed by atoms with Crippen LogP contribution in [0.3, 0.4) is 0 Å². The first-order valence-corrected chi connectivity index (χ1v) is 5.09. The van der Waals surface area contributed by atoms with Gasteiger partial charge in [-0.1, -0.05) is 37.7 Å². The van der Waals surface area contributed by atoms with Gasteiger partial charge in [0.05, 0.1) is 4.99 Å². The van der Waals surface area contributed by atoms with Crippen LogP contribution in [0.2, 0.25) is 0 Å². The number of likely N-dealkylation sites (tertiary alicyclic amines) is 1. The van der Waals surface area contributed by atoms with E-state index < -0.39 is 0 Å². The number of allylic oxidation sites excluding steroid dienone is 1. The molecule has 1 aliphatic rings. The lowest BCUT2D eigenvalue weighted by Gasteiger charge is -2.17. The molecule has 0 aliphatic carbocycles. The minimum Gasteiger partial charge on any atom is -0.363 e. The predicted molar refractivity (Wildman–Crippen MR) is 57.4 cm³/mol. The molecule has 0 N–H and O–H groups in total. The van der Waals surface area contributed by atoms with Crippen LogP contribution in [-0.2, 0) is 0 Å². The molecule has 0 aromatic rings. The molecule has 1 nitrogen and oxygen atoms in total. The second kappa shape index (κ2) is 4.61. The van der Waals surface area contributed by atoms with Crippen LogP contribution in [0.5, 0.6) is 0 Å². The molecule has 1 fully saturated rings. The number of nitrogens with zero attached hydrogens (tertiary/aromatic N) is 1. The van der Waals surface area contributed by atoms with Crippen LogP contribution in [0, 0.1) is 0 Å². The normalized spacial score (nSPS) is 24.3. The van der Waals surface area contributed by atoms with Gasteiger partial charge >= 0.3 is 0 Å². The Labute approximate surface area is 80.4 Å². The van der Waals surface area contributed by atoms with Crippen molar-refractivity contribution in [2.45, 2.75) is 38.6 Å². The molecule has 0 aromatic heterocycles. The van der Waals surface area contributed by atoms with Crippen molar-refractivity contribution in [3.8, 4) is 0 Å². The molecule has 0 aromatic carbocycles. The van der Waals surface area contributed by atoms with Crippen molar-refractivity contribution >= 4 is 17.2 Å². The molecule has 1 aliphatic heterocycles. The third kappa shape index (κ3) is 2.31. The van der Waals surface area contributed by atoms with Crippen molar-refractivity contribution in [3.63, 3.8) is 0 Å².